The quantitative estimate of drug-likeness (QED) is 0.695. The van der Waals surface area contributed by atoms with Gasteiger partial charge in [-0.05, 0) is 38.4 Å². The number of benzene rings is 1. The molecule has 0 radical (unpaired) electrons. The predicted octanol–water partition coefficient (Wildman–Crippen LogP) is 2.11. The van der Waals surface area contributed by atoms with Gasteiger partial charge in [-0.3, -0.25) is 14.5 Å². The van der Waals surface area contributed by atoms with Crippen LogP contribution in [0.2, 0.25) is 0 Å². The van der Waals surface area contributed by atoms with Gasteiger partial charge in [-0.15, -0.1) is 0 Å². The average molecular weight is 379 g/mol. The molecule has 0 saturated carbocycles. The highest BCUT2D eigenvalue weighted by molar-refractivity contribution is 5.98. The minimum absolute atomic E-state index is 0.00617. The van der Waals surface area contributed by atoms with E-state index in [9.17, 15) is 4.79 Å². The second-order valence-electron chi connectivity index (χ2n) is 7.47. The Morgan fingerprint density at radius 1 is 1.32 bits per heavy atom. The average Bonchev–Trinajstić information content (AvgIpc) is 3.12. The topological polar surface area (TPSA) is 63.5 Å². The van der Waals surface area contributed by atoms with Crippen molar-refractivity contribution in [1.82, 2.24) is 24.6 Å². The van der Waals surface area contributed by atoms with Crippen molar-refractivity contribution in [3.63, 3.8) is 0 Å². The van der Waals surface area contributed by atoms with Crippen LogP contribution >= 0.6 is 0 Å². The first-order valence-electron chi connectivity index (χ1n) is 9.43. The number of aryl methyl sites for hydroxylation is 1. The van der Waals surface area contributed by atoms with Crippen molar-refractivity contribution in [3.8, 4) is 0 Å². The van der Waals surface area contributed by atoms with Gasteiger partial charge in [0, 0.05) is 49.0 Å². The monoisotopic (exact) mass is 379 g/mol. The minimum atomic E-state index is -0.179. The fourth-order valence-corrected chi connectivity index (χ4v) is 3.84. The molecule has 1 amide bonds. The molecule has 1 aliphatic rings. The number of ether oxygens (including phenoxy) is 1. The molecule has 1 saturated heterocycles. The third-order valence-electron chi connectivity index (χ3n) is 5.07. The van der Waals surface area contributed by atoms with Crippen molar-refractivity contribution in [1.29, 1.82) is 0 Å². The summed E-state index contributed by atoms with van der Waals surface area (Å²) in [5, 5.41) is 5.28. The summed E-state index contributed by atoms with van der Waals surface area (Å²) in [4.78, 5) is 21.8. The smallest absolute Gasteiger partial charge is 0.254 e. The molecule has 146 valence electrons. The van der Waals surface area contributed by atoms with Crippen LogP contribution in [0.15, 0.2) is 48.9 Å². The lowest BCUT2D eigenvalue weighted by atomic mass is 9.99. The Morgan fingerprint density at radius 3 is 2.93 bits per heavy atom. The number of hydrogen-bond acceptors (Lipinski definition) is 5. The molecule has 0 aliphatic carbocycles. The van der Waals surface area contributed by atoms with E-state index in [-0.39, 0.29) is 18.1 Å². The number of nitrogens with zero attached hydrogens (tertiary/aromatic N) is 5. The zero-order valence-electron chi connectivity index (χ0n) is 16.4. The van der Waals surface area contributed by atoms with E-state index in [2.05, 4.69) is 15.0 Å². The summed E-state index contributed by atoms with van der Waals surface area (Å²) in [6.07, 6.45) is 5.44. The molecule has 1 aromatic carbocycles. The summed E-state index contributed by atoms with van der Waals surface area (Å²) in [6.45, 7) is 1.80. The molecule has 1 aliphatic heterocycles. The van der Waals surface area contributed by atoms with E-state index in [1.165, 1.54) is 0 Å². The van der Waals surface area contributed by atoms with Crippen LogP contribution in [0.1, 0.15) is 22.0 Å². The van der Waals surface area contributed by atoms with Crippen LogP contribution in [0.5, 0.6) is 0 Å². The zero-order chi connectivity index (χ0) is 19.7. The van der Waals surface area contributed by atoms with Gasteiger partial charge in [0.1, 0.15) is 0 Å². The molecule has 0 unspecified atom stereocenters. The van der Waals surface area contributed by atoms with E-state index in [0.29, 0.717) is 18.7 Å². The lowest BCUT2D eigenvalue weighted by molar-refractivity contribution is -0.0684. The zero-order valence-corrected chi connectivity index (χ0v) is 16.4. The summed E-state index contributed by atoms with van der Waals surface area (Å²) >= 11 is 0. The van der Waals surface area contributed by atoms with Gasteiger partial charge < -0.3 is 14.5 Å². The Kier molecular flexibility index (Phi) is 5.11. The molecule has 28 heavy (non-hydrogen) atoms. The van der Waals surface area contributed by atoms with Gasteiger partial charge >= 0.3 is 0 Å². The maximum Gasteiger partial charge on any atom is 0.254 e. The van der Waals surface area contributed by atoms with Crippen LogP contribution in [-0.2, 0) is 11.8 Å². The maximum absolute atomic E-state index is 13.5. The number of morpholine rings is 1. The van der Waals surface area contributed by atoms with Gasteiger partial charge in [0.15, 0.2) is 0 Å². The maximum atomic E-state index is 13.5. The molecule has 3 aromatic rings. The van der Waals surface area contributed by atoms with Gasteiger partial charge in [0.05, 0.1) is 30.5 Å². The Morgan fingerprint density at radius 2 is 2.18 bits per heavy atom. The van der Waals surface area contributed by atoms with Crippen molar-refractivity contribution >= 4 is 16.8 Å². The van der Waals surface area contributed by atoms with Crippen molar-refractivity contribution in [2.75, 3.05) is 33.8 Å². The van der Waals surface area contributed by atoms with E-state index < -0.39 is 0 Å². The number of pyridine rings is 1. The normalized spacial score (nSPS) is 20.1. The van der Waals surface area contributed by atoms with Gasteiger partial charge in [-0.25, -0.2) is 0 Å². The first kappa shape index (κ1) is 18.6. The fourth-order valence-electron chi connectivity index (χ4n) is 3.84. The number of likely N-dealkylation sites (N-methyl/N-ethyl adjacent to an activating group) is 1. The highest BCUT2D eigenvalue weighted by Crippen LogP contribution is 2.31. The molecule has 2 aromatic heterocycles. The Bertz CT molecular complexity index is 984. The lowest BCUT2D eigenvalue weighted by Crippen LogP contribution is -2.51. The summed E-state index contributed by atoms with van der Waals surface area (Å²) in [6, 6.07) is 9.36. The molecule has 0 N–H and O–H groups in total. The Labute approximate surface area is 164 Å². The van der Waals surface area contributed by atoms with E-state index in [4.69, 9.17) is 4.74 Å². The Balaban J connectivity index is 1.70. The minimum Gasteiger partial charge on any atom is -0.373 e. The molecule has 0 bridgehead atoms. The van der Waals surface area contributed by atoms with Crippen LogP contribution in [0.4, 0.5) is 0 Å². The van der Waals surface area contributed by atoms with Gasteiger partial charge in [0.2, 0.25) is 0 Å². The molecular formula is C21H25N5O2. The number of carbonyl (C=O) groups excluding carboxylic acids is 1. The third kappa shape index (κ3) is 3.63. The summed E-state index contributed by atoms with van der Waals surface area (Å²) < 4.78 is 7.83. The first-order valence-corrected chi connectivity index (χ1v) is 9.43. The number of carbonyl (C=O) groups is 1. The predicted molar refractivity (Wildman–Crippen MR) is 107 cm³/mol. The molecule has 1 fully saturated rings. The number of fused-ring (bicyclic) bond motifs is 1. The molecule has 7 heteroatoms. The number of aromatic nitrogens is 3. The Hall–Kier alpha value is -2.77. The van der Waals surface area contributed by atoms with Crippen molar-refractivity contribution < 1.29 is 9.53 Å². The second-order valence-corrected chi connectivity index (χ2v) is 7.47. The van der Waals surface area contributed by atoms with E-state index in [0.717, 1.165) is 23.0 Å². The van der Waals surface area contributed by atoms with Crippen molar-refractivity contribution in [2.45, 2.75) is 12.1 Å². The van der Waals surface area contributed by atoms with Crippen LogP contribution in [0.25, 0.3) is 10.9 Å². The van der Waals surface area contributed by atoms with Crippen LogP contribution in [0, 0.1) is 0 Å². The lowest BCUT2D eigenvalue weighted by Gasteiger charge is -2.41. The molecule has 3 heterocycles. The SMILES string of the molecule is CN(C)C[C@@H]1OCCN(C(=O)c2ccc3ncccc3c2)[C@H]1c1cnn(C)c1. The van der Waals surface area contributed by atoms with E-state index in [1.807, 2.05) is 68.8 Å². The van der Waals surface area contributed by atoms with E-state index >= 15 is 0 Å². The van der Waals surface area contributed by atoms with Crippen LogP contribution in [0.3, 0.4) is 0 Å². The fraction of sp³-hybridized carbons (Fsp3) is 0.381. The number of hydrogen-bond donors (Lipinski definition) is 0. The first-order chi connectivity index (χ1) is 13.5. The van der Waals surface area contributed by atoms with Crippen molar-refractivity contribution in [3.05, 3.63) is 60.0 Å². The standard InChI is InChI=1S/C21H25N5O2/c1-24(2)14-19-20(17-12-23-25(3)13-17)26(9-10-28-19)21(27)16-6-7-18-15(11-16)5-4-8-22-18/h4-8,11-13,19-20H,9-10,14H2,1-3H3/t19-,20-/m0/s1. The van der Waals surface area contributed by atoms with Gasteiger partial charge in [-0.2, -0.15) is 5.10 Å². The molecule has 2 atom stereocenters. The van der Waals surface area contributed by atoms with Gasteiger partial charge in [-0.1, -0.05) is 6.07 Å². The third-order valence-corrected chi connectivity index (χ3v) is 5.07. The highest BCUT2D eigenvalue weighted by atomic mass is 16.5. The van der Waals surface area contributed by atoms with Crippen molar-refractivity contribution in [2.24, 2.45) is 7.05 Å². The largest absolute Gasteiger partial charge is 0.373 e. The van der Waals surface area contributed by atoms with Gasteiger partial charge in [0.25, 0.3) is 5.91 Å². The summed E-state index contributed by atoms with van der Waals surface area (Å²) in [5.41, 5.74) is 2.54. The van der Waals surface area contributed by atoms with Crippen LogP contribution in [-0.4, -0.2) is 70.4 Å². The number of rotatable bonds is 4. The second kappa shape index (κ2) is 7.69. The summed E-state index contributed by atoms with van der Waals surface area (Å²) in [5.74, 6) is 0.00617. The molecule has 0 spiro atoms. The highest BCUT2D eigenvalue weighted by Gasteiger charge is 2.37. The number of amides is 1. The summed E-state index contributed by atoms with van der Waals surface area (Å²) in [7, 11) is 5.91. The molecule has 7 nitrogen and oxygen atoms in total. The molecule has 4 rings (SSSR count). The van der Waals surface area contributed by atoms with E-state index in [1.54, 1.807) is 10.9 Å². The molecular weight excluding hydrogens is 354 g/mol. The van der Waals surface area contributed by atoms with Crippen LogP contribution < -0.4 is 0 Å².